The number of amides is 1. The Morgan fingerprint density at radius 3 is 3.05 bits per heavy atom. The van der Waals surface area contributed by atoms with E-state index < -0.39 is 0 Å². The molecule has 0 atom stereocenters. The van der Waals surface area contributed by atoms with Crippen LogP contribution in [0.15, 0.2) is 24.3 Å². The van der Waals surface area contributed by atoms with Crippen molar-refractivity contribution >= 4 is 34.7 Å². The maximum atomic E-state index is 11.7. The van der Waals surface area contributed by atoms with Gasteiger partial charge in [0.1, 0.15) is 10.0 Å². The van der Waals surface area contributed by atoms with E-state index in [2.05, 4.69) is 14.9 Å². The van der Waals surface area contributed by atoms with Gasteiger partial charge in [-0.2, -0.15) is 0 Å². The molecule has 20 heavy (non-hydrogen) atoms. The molecule has 0 aliphatic rings. The van der Waals surface area contributed by atoms with Crippen molar-refractivity contribution in [1.82, 2.24) is 9.59 Å². The number of benzene rings is 1. The monoisotopic (exact) mass is 311 g/mol. The van der Waals surface area contributed by atoms with Gasteiger partial charge in [-0.3, -0.25) is 4.79 Å². The Balaban J connectivity index is 2.03. The Hall–Kier alpha value is -1.50. The lowest BCUT2D eigenvalue weighted by Gasteiger charge is -2.06. The van der Waals surface area contributed by atoms with Crippen LogP contribution in [-0.2, 0) is 9.53 Å². The number of aromatic nitrogens is 2. The van der Waals surface area contributed by atoms with E-state index in [0.717, 1.165) is 17.1 Å². The summed E-state index contributed by atoms with van der Waals surface area (Å²) in [6.07, 6.45) is 0.330. The maximum Gasteiger partial charge on any atom is 0.226 e. The van der Waals surface area contributed by atoms with Crippen molar-refractivity contribution in [1.29, 1.82) is 0 Å². The number of rotatable bonds is 6. The van der Waals surface area contributed by atoms with E-state index in [9.17, 15) is 4.79 Å². The van der Waals surface area contributed by atoms with Gasteiger partial charge in [-0.1, -0.05) is 28.2 Å². The number of ether oxygens (including phenoxy) is 1. The molecule has 0 bridgehead atoms. The van der Waals surface area contributed by atoms with Crippen LogP contribution in [0.25, 0.3) is 11.3 Å². The third kappa shape index (κ3) is 4.00. The highest BCUT2D eigenvalue weighted by Crippen LogP contribution is 2.29. The Labute approximate surface area is 126 Å². The third-order valence-electron chi connectivity index (χ3n) is 2.55. The molecule has 0 aliphatic heterocycles. The van der Waals surface area contributed by atoms with Crippen molar-refractivity contribution in [3.63, 3.8) is 0 Å². The maximum absolute atomic E-state index is 11.7. The minimum atomic E-state index is -0.0851. The number of carbonyl (C=O) groups is 1. The van der Waals surface area contributed by atoms with Crippen molar-refractivity contribution in [2.45, 2.75) is 13.3 Å². The summed E-state index contributed by atoms with van der Waals surface area (Å²) in [5, 5.41) is 6.79. The predicted octanol–water partition coefficient (Wildman–Crippen LogP) is 3.22. The van der Waals surface area contributed by atoms with Crippen LogP contribution in [0, 0.1) is 0 Å². The molecule has 1 amide bonds. The largest absolute Gasteiger partial charge is 0.381 e. The molecular formula is C13H14ClN3O2S. The van der Waals surface area contributed by atoms with Crippen LogP contribution in [0.4, 0.5) is 5.69 Å². The van der Waals surface area contributed by atoms with E-state index in [1.54, 1.807) is 0 Å². The van der Waals surface area contributed by atoms with E-state index in [4.69, 9.17) is 16.3 Å². The smallest absolute Gasteiger partial charge is 0.226 e. The van der Waals surface area contributed by atoms with Crippen molar-refractivity contribution in [2.75, 3.05) is 18.5 Å². The second-order valence-corrected chi connectivity index (χ2v) is 5.33. The quantitative estimate of drug-likeness (QED) is 0.832. The summed E-state index contributed by atoms with van der Waals surface area (Å²) in [6, 6.07) is 7.35. The van der Waals surface area contributed by atoms with E-state index in [0.29, 0.717) is 35.4 Å². The minimum absolute atomic E-state index is 0.0851. The van der Waals surface area contributed by atoms with E-state index in [-0.39, 0.29) is 5.91 Å². The van der Waals surface area contributed by atoms with Crippen molar-refractivity contribution in [3.8, 4) is 11.3 Å². The second-order valence-electron chi connectivity index (χ2n) is 3.97. The molecule has 1 aromatic heterocycles. The molecule has 1 aromatic carbocycles. The van der Waals surface area contributed by atoms with Gasteiger partial charge in [-0.25, -0.2) is 0 Å². The average Bonchev–Trinajstić information content (AvgIpc) is 2.85. The van der Waals surface area contributed by atoms with Gasteiger partial charge in [-0.05, 0) is 19.1 Å². The van der Waals surface area contributed by atoms with Gasteiger partial charge in [0.2, 0.25) is 5.91 Å². The van der Waals surface area contributed by atoms with Crippen LogP contribution in [-0.4, -0.2) is 28.7 Å². The van der Waals surface area contributed by atoms with Crippen molar-refractivity contribution in [2.24, 2.45) is 0 Å². The Morgan fingerprint density at radius 1 is 1.50 bits per heavy atom. The minimum Gasteiger partial charge on any atom is -0.381 e. The molecule has 1 heterocycles. The van der Waals surface area contributed by atoms with Gasteiger partial charge in [0.25, 0.3) is 0 Å². The van der Waals surface area contributed by atoms with Crippen LogP contribution in [0.1, 0.15) is 13.3 Å². The average molecular weight is 312 g/mol. The van der Waals surface area contributed by atoms with Gasteiger partial charge in [-0.15, -0.1) is 5.10 Å². The van der Waals surface area contributed by atoms with E-state index in [1.165, 1.54) is 0 Å². The van der Waals surface area contributed by atoms with Crippen LogP contribution in [0.3, 0.4) is 0 Å². The van der Waals surface area contributed by atoms with Gasteiger partial charge in [0.15, 0.2) is 0 Å². The molecule has 0 unspecified atom stereocenters. The SMILES string of the molecule is CCOCCC(=O)Nc1cccc(-c2nnsc2Cl)c1. The number of nitrogens with zero attached hydrogens (tertiary/aromatic N) is 2. The fourth-order valence-electron chi connectivity index (χ4n) is 1.63. The summed E-state index contributed by atoms with van der Waals surface area (Å²) in [6.45, 7) is 2.93. The summed E-state index contributed by atoms with van der Waals surface area (Å²) in [7, 11) is 0. The molecule has 0 fully saturated rings. The molecule has 0 spiro atoms. The second kappa shape index (κ2) is 7.33. The van der Waals surface area contributed by atoms with Crippen LogP contribution in [0.2, 0.25) is 4.34 Å². The van der Waals surface area contributed by atoms with Gasteiger partial charge in [0.05, 0.1) is 13.0 Å². The number of carbonyl (C=O) groups excluding carboxylic acids is 1. The molecule has 2 rings (SSSR count). The number of anilines is 1. The molecule has 0 saturated heterocycles. The summed E-state index contributed by atoms with van der Waals surface area (Å²) >= 11 is 7.14. The lowest BCUT2D eigenvalue weighted by atomic mass is 10.1. The summed E-state index contributed by atoms with van der Waals surface area (Å²) in [5.74, 6) is -0.0851. The van der Waals surface area contributed by atoms with Crippen LogP contribution >= 0.6 is 23.1 Å². The normalized spacial score (nSPS) is 10.5. The highest BCUT2D eigenvalue weighted by Gasteiger charge is 2.09. The number of nitrogens with one attached hydrogen (secondary N) is 1. The molecule has 7 heteroatoms. The zero-order chi connectivity index (χ0) is 14.4. The first kappa shape index (κ1) is 14.9. The number of halogens is 1. The third-order valence-corrected chi connectivity index (χ3v) is 3.45. The Kier molecular flexibility index (Phi) is 5.46. The lowest BCUT2D eigenvalue weighted by molar-refractivity contribution is -0.117. The van der Waals surface area contributed by atoms with Crippen molar-refractivity contribution < 1.29 is 9.53 Å². The first-order valence-electron chi connectivity index (χ1n) is 6.16. The molecule has 2 aromatic rings. The first-order chi connectivity index (χ1) is 9.70. The molecule has 0 aliphatic carbocycles. The molecule has 0 saturated carbocycles. The lowest BCUT2D eigenvalue weighted by Crippen LogP contribution is -2.14. The zero-order valence-corrected chi connectivity index (χ0v) is 12.5. The topological polar surface area (TPSA) is 64.1 Å². The Morgan fingerprint density at radius 2 is 2.35 bits per heavy atom. The van der Waals surface area contributed by atoms with E-state index in [1.807, 2.05) is 31.2 Å². The highest BCUT2D eigenvalue weighted by molar-refractivity contribution is 7.10. The molecule has 5 nitrogen and oxygen atoms in total. The summed E-state index contributed by atoms with van der Waals surface area (Å²) < 4.78 is 9.47. The zero-order valence-electron chi connectivity index (χ0n) is 10.9. The Bertz CT molecular complexity index is 589. The van der Waals surface area contributed by atoms with Gasteiger partial charge >= 0.3 is 0 Å². The van der Waals surface area contributed by atoms with E-state index >= 15 is 0 Å². The summed E-state index contributed by atoms with van der Waals surface area (Å²) in [5.41, 5.74) is 2.15. The van der Waals surface area contributed by atoms with Crippen LogP contribution in [0.5, 0.6) is 0 Å². The van der Waals surface area contributed by atoms with Gasteiger partial charge in [0, 0.05) is 29.4 Å². The van der Waals surface area contributed by atoms with Crippen LogP contribution < -0.4 is 5.32 Å². The molecule has 0 radical (unpaired) electrons. The summed E-state index contributed by atoms with van der Waals surface area (Å²) in [4.78, 5) is 11.7. The highest BCUT2D eigenvalue weighted by atomic mass is 35.5. The fourth-order valence-corrected chi connectivity index (χ4v) is 2.31. The van der Waals surface area contributed by atoms with Crippen molar-refractivity contribution in [3.05, 3.63) is 28.6 Å². The van der Waals surface area contributed by atoms with Gasteiger partial charge < -0.3 is 10.1 Å². The first-order valence-corrected chi connectivity index (χ1v) is 7.31. The molecule has 106 valence electrons. The fraction of sp³-hybridized carbons (Fsp3) is 0.308. The molecule has 1 N–H and O–H groups in total. The number of hydrogen-bond donors (Lipinski definition) is 1. The molecular weight excluding hydrogens is 298 g/mol. The standard InChI is InChI=1S/C13H14ClN3O2S/c1-2-19-7-6-11(18)15-10-5-3-4-9(8-10)12-13(14)20-17-16-12/h3-5,8H,2,6-7H2,1H3,(H,15,18). The number of hydrogen-bond acceptors (Lipinski definition) is 5. The predicted molar refractivity (Wildman–Crippen MR) is 80.1 cm³/mol.